The fourth-order valence-corrected chi connectivity index (χ4v) is 0. The van der Waals surface area contributed by atoms with Crippen LogP contribution in [0.15, 0.2) is 0 Å². The Labute approximate surface area is 106 Å². The fourth-order valence-electron chi connectivity index (χ4n) is 0. The summed E-state index contributed by atoms with van der Waals surface area (Å²) in [6.07, 6.45) is 0. The molecule has 0 aliphatic carbocycles. The maximum absolute atomic E-state index is 0. The molecular formula is H8Al2Co2O3Si2. The van der Waals surface area contributed by atoms with E-state index in [-0.39, 0.29) is 107 Å². The van der Waals surface area contributed by atoms with Gasteiger partial charge in [-0.25, -0.2) is 0 Å². The Hall–Kier alpha value is 2.39. The molecule has 0 unspecified atom stereocenters. The van der Waals surface area contributed by atoms with Crippen molar-refractivity contribution in [2.24, 2.45) is 0 Å². The van der Waals surface area contributed by atoms with Gasteiger partial charge < -0.3 is 16.4 Å². The summed E-state index contributed by atoms with van der Waals surface area (Å²) in [6.45, 7) is 0. The van der Waals surface area contributed by atoms with Crippen LogP contribution in [0.5, 0.6) is 0 Å². The maximum Gasteiger partial charge on any atom is 3.00 e. The molecule has 0 spiro atoms. The second-order valence-electron chi connectivity index (χ2n) is 0. The van der Waals surface area contributed by atoms with Gasteiger partial charge in [-0.1, -0.05) is 0 Å². The van der Waals surface area contributed by atoms with E-state index in [9.17, 15) is 0 Å². The molecule has 0 aromatic heterocycles. The molecular weight excluding hydrogens is 276 g/mol. The molecule has 58 valence electrons. The van der Waals surface area contributed by atoms with Crippen LogP contribution in [0.3, 0.4) is 0 Å². The van der Waals surface area contributed by atoms with Crippen LogP contribution in [-0.2, 0) is 50.0 Å². The predicted molar refractivity (Wildman–Crippen MR) is 36.2 cm³/mol. The van der Waals surface area contributed by atoms with Crippen molar-refractivity contribution in [2.45, 2.75) is 0 Å². The van der Waals surface area contributed by atoms with Gasteiger partial charge in [-0.3, -0.25) is 0 Å². The van der Waals surface area contributed by atoms with Gasteiger partial charge in [0.2, 0.25) is 0 Å². The Morgan fingerprint density at radius 2 is 0.444 bits per heavy atom. The summed E-state index contributed by atoms with van der Waals surface area (Å²) >= 11 is 0. The van der Waals surface area contributed by atoms with Gasteiger partial charge in [0.25, 0.3) is 0 Å². The first-order valence-electron chi connectivity index (χ1n) is 0. The molecule has 0 atom stereocenters. The molecule has 0 rings (SSSR count). The van der Waals surface area contributed by atoms with Gasteiger partial charge in [-0.05, 0) is 21.9 Å². The molecule has 0 saturated heterocycles. The molecule has 9 heteroatoms. The molecule has 0 aliphatic heterocycles. The summed E-state index contributed by atoms with van der Waals surface area (Å²) in [7, 11) is 0. The summed E-state index contributed by atoms with van der Waals surface area (Å²) in [5.41, 5.74) is 0. The maximum atomic E-state index is 0. The Morgan fingerprint density at radius 3 is 0.444 bits per heavy atom. The van der Waals surface area contributed by atoms with Crippen LogP contribution in [0.4, 0.5) is 0 Å². The number of rotatable bonds is 0. The molecule has 0 bridgehead atoms. The van der Waals surface area contributed by atoms with Crippen LogP contribution in [0, 0.1) is 0 Å². The minimum Gasteiger partial charge on any atom is -2.00 e. The molecule has 0 heterocycles. The zero-order chi connectivity index (χ0) is 0. The van der Waals surface area contributed by atoms with E-state index in [0.717, 1.165) is 0 Å². The molecule has 9 heavy (non-hydrogen) atoms. The molecule has 0 N–H and O–H groups in total. The van der Waals surface area contributed by atoms with Crippen molar-refractivity contribution >= 4 is 56.7 Å². The molecule has 3 nitrogen and oxygen atoms in total. The average molecular weight is 284 g/mol. The quantitative estimate of drug-likeness (QED) is 0.406. The van der Waals surface area contributed by atoms with E-state index in [2.05, 4.69) is 0 Å². The van der Waals surface area contributed by atoms with Crippen molar-refractivity contribution in [1.82, 2.24) is 0 Å². The van der Waals surface area contributed by atoms with Crippen LogP contribution in [0.2, 0.25) is 0 Å². The molecule has 0 fully saturated rings. The normalized spacial score (nSPS) is 0. The molecule has 2 radical (unpaired) electrons. The fraction of sp³-hybridized carbons (Fsp3) is 0. The van der Waals surface area contributed by atoms with Gasteiger partial charge in [-0.15, -0.1) is 0 Å². The van der Waals surface area contributed by atoms with Crippen molar-refractivity contribution in [3.63, 3.8) is 0 Å². The van der Waals surface area contributed by atoms with Gasteiger partial charge in [0, 0.05) is 33.6 Å². The van der Waals surface area contributed by atoms with E-state index >= 15 is 0 Å². The summed E-state index contributed by atoms with van der Waals surface area (Å²) in [4.78, 5) is 0. The smallest absolute Gasteiger partial charge is 2.00 e. The van der Waals surface area contributed by atoms with E-state index in [1.807, 2.05) is 0 Å². The molecule has 0 saturated carbocycles. The first-order valence-corrected chi connectivity index (χ1v) is 0. The topological polar surface area (TPSA) is 85.5 Å². The SMILES string of the molecule is [Al+3].[Al+3].[Co].[Co].[O-2].[O-2].[O-2].[SiH4].[SiH4]. The zero-order valence-corrected chi connectivity index (χ0v) is 7.44. The van der Waals surface area contributed by atoms with E-state index < -0.39 is 0 Å². The Morgan fingerprint density at radius 1 is 0.444 bits per heavy atom. The number of hydrogen-bond donors (Lipinski definition) is 0. The van der Waals surface area contributed by atoms with Crippen LogP contribution < -0.4 is 0 Å². The number of hydrogen-bond acceptors (Lipinski definition) is 0. The summed E-state index contributed by atoms with van der Waals surface area (Å²) in [5, 5.41) is 0. The zero-order valence-electron chi connectivity index (χ0n) is 3.05. The Bertz CT molecular complexity index is 17.8. The summed E-state index contributed by atoms with van der Waals surface area (Å²) < 4.78 is 0. The van der Waals surface area contributed by atoms with Gasteiger partial charge in [0.1, 0.15) is 0 Å². The van der Waals surface area contributed by atoms with Crippen molar-refractivity contribution < 1.29 is 50.0 Å². The molecule has 0 aliphatic rings. The summed E-state index contributed by atoms with van der Waals surface area (Å²) in [6, 6.07) is 0. The molecule has 0 amide bonds. The minimum absolute atomic E-state index is 0. The largest absolute Gasteiger partial charge is 3.00 e. The van der Waals surface area contributed by atoms with Gasteiger partial charge in [-0.2, -0.15) is 0 Å². The monoisotopic (exact) mass is 284 g/mol. The minimum atomic E-state index is 0. The van der Waals surface area contributed by atoms with Crippen LogP contribution in [0.1, 0.15) is 0 Å². The first kappa shape index (κ1) is 215. The second kappa shape index (κ2) is 160. The van der Waals surface area contributed by atoms with E-state index in [0.29, 0.717) is 0 Å². The Kier molecular flexibility index (Phi) is 3830. The summed E-state index contributed by atoms with van der Waals surface area (Å²) in [5.74, 6) is 0. The van der Waals surface area contributed by atoms with Crippen molar-refractivity contribution in [2.75, 3.05) is 0 Å². The predicted octanol–water partition coefficient (Wildman–Crippen LogP) is -4.03. The van der Waals surface area contributed by atoms with Crippen molar-refractivity contribution in [1.29, 1.82) is 0 Å². The third kappa shape index (κ3) is 128. The molecule has 0 aromatic carbocycles. The van der Waals surface area contributed by atoms with Crippen LogP contribution in [0.25, 0.3) is 0 Å². The third-order valence-electron chi connectivity index (χ3n) is 0. The Balaban J connectivity index is 0. The van der Waals surface area contributed by atoms with Crippen LogP contribution in [-0.4, -0.2) is 56.7 Å². The second-order valence-corrected chi connectivity index (χ2v) is 0. The van der Waals surface area contributed by atoms with E-state index in [4.69, 9.17) is 0 Å². The van der Waals surface area contributed by atoms with Gasteiger partial charge >= 0.3 is 34.7 Å². The van der Waals surface area contributed by atoms with E-state index in [1.54, 1.807) is 0 Å². The van der Waals surface area contributed by atoms with E-state index in [1.165, 1.54) is 0 Å². The van der Waals surface area contributed by atoms with Gasteiger partial charge in [0.15, 0.2) is 0 Å². The van der Waals surface area contributed by atoms with Crippen molar-refractivity contribution in [3.8, 4) is 0 Å². The first-order chi connectivity index (χ1) is 0. The average Bonchev–Trinajstić information content (AvgIpc) is 0. The third-order valence-corrected chi connectivity index (χ3v) is 0. The van der Waals surface area contributed by atoms with Gasteiger partial charge in [0.05, 0.1) is 0 Å². The molecule has 0 aromatic rings. The van der Waals surface area contributed by atoms with Crippen LogP contribution >= 0.6 is 0 Å². The van der Waals surface area contributed by atoms with Crippen molar-refractivity contribution in [3.05, 3.63) is 0 Å². The standard InChI is InChI=1S/2Al.2Co.3O.2H4Si/h;;;;;;;2*1H4/q2*+3;;;3*-2;;.